The Morgan fingerprint density at radius 1 is 1.50 bits per heavy atom. The fourth-order valence-corrected chi connectivity index (χ4v) is 0.983. The molecule has 0 saturated carbocycles. The molecule has 14 heavy (non-hydrogen) atoms. The molecule has 1 rings (SSSR count). The van der Waals surface area contributed by atoms with E-state index in [4.69, 9.17) is 10.2 Å². The molecule has 0 bridgehead atoms. The predicted octanol–water partition coefficient (Wildman–Crippen LogP) is -0.245. The van der Waals surface area contributed by atoms with E-state index in [9.17, 15) is 0 Å². The van der Waals surface area contributed by atoms with Crippen LogP contribution in [-0.2, 0) is 6.54 Å². The van der Waals surface area contributed by atoms with Gasteiger partial charge in [0.15, 0.2) is 0 Å². The number of rotatable bonds is 6. The molecule has 0 aliphatic carbocycles. The summed E-state index contributed by atoms with van der Waals surface area (Å²) in [6.45, 7) is 2.83. The van der Waals surface area contributed by atoms with Crippen LogP contribution in [0.2, 0.25) is 0 Å². The quantitative estimate of drug-likeness (QED) is 0.590. The maximum Gasteiger partial charge on any atom is 0.124 e. The first-order valence-corrected chi connectivity index (χ1v) is 4.52. The van der Waals surface area contributed by atoms with Crippen molar-refractivity contribution in [1.29, 1.82) is 0 Å². The molecule has 0 spiro atoms. The van der Waals surface area contributed by atoms with E-state index in [1.165, 1.54) is 6.26 Å². The van der Waals surface area contributed by atoms with Crippen LogP contribution < -0.4 is 5.32 Å². The lowest BCUT2D eigenvalue weighted by Gasteiger charge is -2.24. The fourth-order valence-electron chi connectivity index (χ4n) is 0.983. The van der Waals surface area contributed by atoms with E-state index >= 15 is 0 Å². The molecule has 1 aromatic rings. The fraction of sp³-hybridized carbons (Fsp3) is 0.667. The molecular weight excluding hydrogens is 184 g/mol. The first-order valence-electron chi connectivity index (χ1n) is 4.52. The maximum atomic E-state index is 9.01. The number of aromatic nitrogens is 1. The third-order valence-electron chi connectivity index (χ3n) is 2.11. The molecule has 0 atom stereocenters. The highest BCUT2D eigenvalue weighted by Crippen LogP contribution is 2.12. The highest BCUT2D eigenvalue weighted by molar-refractivity contribution is 4.94. The number of nitrogens with one attached hydrogen (secondary N) is 1. The molecule has 5 heteroatoms. The SMILES string of the molecule is CC(CO)(CO)CNCc1ccon1. The Morgan fingerprint density at radius 3 is 2.71 bits per heavy atom. The molecule has 0 amide bonds. The lowest BCUT2D eigenvalue weighted by Crippen LogP contribution is -2.37. The van der Waals surface area contributed by atoms with Gasteiger partial charge < -0.3 is 20.1 Å². The summed E-state index contributed by atoms with van der Waals surface area (Å²) in [4.78, 5) is 0. The summed E-state index contributed by atoms with van der Waals surface area (Å²) in [6, 6.07) is 1.77. The second-order valence-corrected chi connectivity index (χ2v) is 3.72. The maximum absolute atomic E-state index is 9.01. The summed E-state index contributed by atoms with van der Waals surface area (Å²) in [6.07, 6.45) is 1.51. The molecule has 1 heterocycles. The summed E-state index contributed by atoms with van der Waals surface area (Å²) in [5, 5.41) is 24.8. The van der Waals surface area contributed by atoms with Crippen molar-refractivity contribution >= 4 is 0 Å². The average molecular weight is 200 g/mol. The van der Waals surface area contributed by atoms with E-state index in [0.29, 0.717) is 13.1 Å². The Labute approximate surface area is 82.7 Å². The Bertz CT molecular complexity index is 245. The van der Waals surface area contributed by atoms with Crippen molar-refractivity contribution in [1.82, 2.24) is 10.5 Å². The van der Waals surface area contributed by atoms with Gasteiger partial charge in [0.1, 0.15) is 6.26 Å². The van der Waals surface area contributed by atoms with Gasteiger partial charge in [0.25, 0.3) is 0 Å². The van der Waals surface area contributed by atoms with Crippen molar-refractivity contribution in [3.8, 4) is 0 Å². The minimum absolute atomic E-state index is 0.0463. The average Bonchev–Trinajstić information content (AvgIpc) is 2.70. The molecule has 0 aliphatic heterocycles. The number of aliphatic hydroxyl groups is 2. The van der Waals surface area contributed by atoms with Crippen LogP contribution in [0.1, 0.15) is 12.6 Å². The molecule has 0 unspecified atom stereocenters. The van der Waals surface area contributed by atoms with Crippen LogP contribution in [0.3, 0.4) is 0 Å². The van der Waals surface area contributed by atoms with Gasteiger partial charge in [0.05, 0.1) is 18.9 Å². The van der Waals surface area contributed by atoms with Crippen LogP contribution >= 0.6 is 0 Å². The van der Waals surface area contributed by atoms with Crippen LogP contribution in [0.5, 0.6) is 0 Å². The lowest BCUT2D eigenvalue weighted by molar-refractivity contribution is 0.0694. The van der Waals surface area contributed by atoms with Gasteiger partial charge in [0.2, 0.25) is 0 Å². The second-order valence-electron chi connectivity index (χ2n) is 3.72. The Kier molecular flexibility index (Phi) is 4.06. The first kappa shape index (κ1) is 11.2. The number of aliphatic hydroxyl groups excluding tert-OH is 2. The first-order chi connectivity index (χ1) is 6.70. The summed E-state index contributed by atoms with van der Waals surface area (Å²) >= 11 is 0. The third kappa shape index (κ3) is 3.10. The summed E-state index contributed by atoms with van der Waals surface area (Å²) < 4.78 is 4.66. The smallest absolute Gasteiger partial charge is 0.124 e. The molecule has 0 fully saturated rings. The van der Waals surface area contributed by atoms with Crippen LogP contribution in [-0.4, -0.2) is 35.1 Å². The van der Waals surface area contributed by atoms with Crippen molar-refractivity contribution < 1.29 is 14.7 Å². The molecule has 5 nitrogen and oxygen atoms in total. The molecule has 80 valence electrons. The molecule has 1 aromatic heterocycles. The Morgan fingerprint density at radius 2 is 2.21 bits per heavy atom. The standard InChI is InChI=1S/C9H16N2O3/c1-9(6-12,7-13)5-10-4-8-2-3-14-11-8/h2-3,10,12-13H,4-7H2,1H3. The van der Waals surface area contributed by atoms with Gasteiger partial charge in [-0.3, -0.25) is 0 Å². The molecule has 0 aliphatic rings. The van der Waals surface area contributed by atoms with Gasteiger partial charge >= 0.3 is 0 Å². The number of hydrogen-bond donors (Lipinski definition) is 3. The number of nitrogens with zero attached hydrogens (tertiary/aromatic N) is 1. The van der Waals surface area contributed by atoms with Crippen LogP contribution in [0.25, 0.3) is 0 Å². The zero-order valence-corrected chi connectivity index (χ0v) is 8.23. The normalized spacial score (nSPS) is 11.9. The third-order valence-corrected chi connectivity index (χ3v) is 2.11. The Balaban J connectivity index is 2.27. The summed E-state index contributed by atoms with van der Waals surface area (Å²) in [7, 11) is 0. The molecule has 0 aromatic carbocycles. The molecule has 0 radical (unpaired) electrons. The van der Waals surface area contributed by atoms with Crippen LogP contribution in [0.4, 0.5) is 0 Å². The van der Waals surface area contributed by atoms with Gasteiger partial charge in [-0.25, -0.2) is 0 Å². The van der Waals surface area contributed by atoms with E-state index in [2.05, 4.69) is 15.0 Å². The highest BCUT2D eigenvalue weighted by atomic mass is 16.5. The highest BCUT2D eigenvalue weighted by Gasteiger charge is 2.21. The monoisotopic (exact) mass is 200 g/mol. The van der Waals surface area contributed by atoms with E-state index in [-0.39, 0.29) is 13.2 Å². The van der Waals surface area contributed by atoms with Crippen molar-refractivity contribution in [2.75, 3.05) is 19.8 Å². The van der Waals surface area contributed by atoms with Crippen molar-refractivity contribution in [3.63, 3.8) is 0 Å². The minimum atomic E-state index is -0.482. The van der Waals surface area contributed by atoms with Gasteiger partial charge in [-0.15, -0.1) is 0 Å². The van der Waals surface area contributed by atoms with Gasteiger partial charge in [-0.1, -0.05) is 12.1 Å². The molecule has 3 N–H and O–H groups in total. The van der Waals surface area contributed by atoms with Crippen molar-refractivity contribution in [2.45, 2.75) is 13.5 Å². The summed E-state index contributed by atoms with van der Waals surface area (Å²) in [5.74, 6) is 0. The zero-order valence-electron chi connectivity index (χ0n) is 8.23. The van der Waals surface area contributed by atoms with Crippen LogP contribution in [0, 0.1) is 5.41 Å². The minimum Gasteiger partial charge on any atom is -0.396 e. The second kappa shape index (κ2) is 5.09. The summed E-state index contributed by atoms with van der Waals surface area (Å²) in [5.41, 5.74) is 0.326. The van der Waals surface area contributed by atoms with Gasteiger partial charge in [-0.05, 0) is 0 Å². The van der Waals surface area contributed by atoms with Gasteiger partial charge in [-0.2, -0.15) is 0 Å². The van der Waals surface area contributed by atoms with Crippen LogP contribution in [0.15, 0.2) is 16.9 Å². The van der Waals surface area contributed by atoms with E-state index < -0.39 is 5.41 Å². The molecule has 0 saturated heterocycles. The Hall–Kier alpha value is -0.910. The molecular formula is C9H16N2O3. The van der Waals surface area contributed by atoms with Crippen molar-refractivity contribution in [3.05, 3.63) is 18.0 Å². The van der Waals surface area contributed by atoms with E-state index in [1.54, 1.807) is 6.07 Å². The topological polar surface area (TPSA) is 78.5 Å². The van der Waals surface area contributed by atoms with Gasteiger partial charge in [0, 0.05) is 24.6 Å². The zero-order chi connectivity index (χ0) is 10.4. The lowest BCUT2D eigenvalue weighted by atomic mass is 9.93. The predicted molar refractivity (Wildman–Crippen MR) is 50.5 cm³/mol. The van der Waals surface area contributed by atoms with E-state index in [0.717, 1.165) is 5.69 Å². The largest absolute Gasteiger partial charge is 0.396 e. The van der Waals surface area contributed by atoms with Crippen molar-refractivity contribution in [2.24, 2.45) is 5.41 Å². The number of hydrogen-bond acceptors (Lipinski definition) is 5. The van der Waals surface area contributed by atoms with E-state index in [1.807, 2.05) is 6.92 Å².